The average Bonchev–Trinajstić information content (AvgIpc) is 2.92. The molecule has 1 aromatic rings. The normalized spacial score (nSPS) is 14.3. The van der Waals surface area contributed by atoms with E-state index in [9.17, 15) is 14.4 Å². The quantitative estimate of drug-likeness (QED) is 0.255. The Morgan fingerprint density at radius 2 is 1.74 bits per heavy atom. The number of benzene rings is 1. The van der Waals surface area contributed by atoms with Crippen molar-refractivity contribution in [1.29, 1.82) is 0 Å². The lowest BCUT2D eigenvalue weighted by Crippen LogP contribution is -2.42. The molecule has 1 saturated heterocycles. The van der Waals surface area contributed by atoms with Crippen LogP contribution in [0.15, 0.2) is 18.2 Å². The topological polar surface area (TPSA) is 120 Å². The van der Waals surface area contributed by atoms with Gasteiger partial charge in [0.2, 0.25) is 11.8 Å². The lowest BCUT2D eigenvalue weighted by Gasteiger charge is -2.27. The lowest BCUT2D eigenvalue weighted by molar-refractivity contribution is -0.135. The van der Waals surface area contributed by atoms with Crippen molar-refractivity contribution in [2.75, 3.05) is 53.2 Å². The van der Waals surface area contributed by atoms with E-state index in [0.29, 0.717) is 63.8 Å². The zero-order valence-electron chi connectivity index (χ0n) is 24.2. The molecule has 0 aromatic heterocycles. The molecule has 1 atom stereocenters. The number of nitrogens with two attached hydrogens (primary N) is 1. The maximum atomic E-state index is 12.8. The molecular formula is C30H49N3O6. The Bertz CT molecular complexity index is 885. The molecule has 1 fully saturated rings. The molecular weight excluding hydrogens is 498 g/mol. The minimum atomic E-state index is -0.479. The van der Waals surface area contributed by atoms with Crippen LogP contribution in [0.2, 0.25) is 0 Å². The summed E-state index contributed by atoms with van der Waals surface area (Å²) in [7, 11) is 1.68. The van der Waals surface area contributed by atoms with Crippen LogP contribution in [0.1, 0.15) is 81.1 Å². The Hall–Kier alpha value is -2.65. The van der Waals surface area contributed by atoms with Gasteiger partial charge in [-0.3, -0.25) is 14.4 Å². The van der Waals surface area contributed by atoms with Gasteiger partial charge in [-0.25, -0.2) is 0 Å². The number of unbranched alkanes of at least 4 members (excludes halogenated alkanes) is 4. The first-order chi connectivity index (χ1) is 18.8. The van der Waals surface area contributed by atoms with Crippen molar-refractivity contribution in [3.05, 3.63) is 29.3 Å². The predicted molar refractivity (Wildman–Crippen MR) is 152 cm³/mol. The van der Waals surface area contributed by atoms with Gasteiger partial charge in [0.1, 0.15) is 5.75 Å². The predicted octanol–water partition coefficient (Wildman–Crippen LogP) is 3.72. The van der Waals surface area contributed by atoms with Crippen molar-refractivity contribution in [2.45, 2.75) is 71.6 Å². The number of hydrogen-bond donors (Lipinski definition) is 2. The highest BCUT2D eigenvalue weighted by molar-refractivity contribution is 5.96. The average molecular weight is 548 g/mol. The lowest BCUT2D eigenvalue weighted by atomic mass is 9.89. The fourth-order valence-corrected chi connectivity index (χ4v) is 4.86. The highest BCUT2D eigenvalue weighted by atomic mass is 16.5. The summed E-state index contributed by atoms with van der Waals surface area (Å²) in [6.45, 7) is 8.14. The van der Waals surface area contributed by atoms with Gasteiger partial charge in [-0.2, -0.15) is 0 Å². The van der Waals surface area contributed by atoms with Crippen molar-refractivity contribution >= 4 is 17.7 Å². The van der Waals surface area contributed by atoms with Crippen molar-refractivity contribution in [2.24, 2.45) is 17.6 Å². The number of nitrogens with one attached hydrogen (secondary N) is 1. The van der Waals surface area contributed by atoms with E-state index in [4.69, 9.17) is 19.9 Å². The SMILES string of the molecule is COCCCCOc1c(CCCCCCC(C(=O)NCCC(=O)N2CCOCC2)C(C)C)cccc1C(N)=O. The third-order valence-electron chi connectivity index (χ3n) is 7.21. The van der Waals surface area contributed by atoms with Gasteiger partial charge in [0.25, 0.3) is 5.91 Å². The second-order valence-electron chi connectivity index (χ2n) is 10.5. The Morgan fingerprint density at radius 1 is 1.03 bits per heavy atom. The molecule has 1 aliphatic heterocycles. The van der Waals surface area contributed by atoms with Crippen LogP contribution in [0, 0.1) is 11.8 Å². The van der Waals surface area contributed by atoms with Crippen molar-refractivity contribution in [1.82, 2.24) is 10.2 Å². The first kappa shape index (κ1) is 32.6. The van der Waals surface area contributed by atoms with Gasteiger partial charge in [-0.15, -0.1) is 0 Å². The monoisotopic (exact) mass is 547 g/mol. The Morgan fingerprint density at radius 3 is 2.44 bits per heavy atom. The van der Waals surface area contributed by atoms with E-state index in [1.54, 1.807) is 18.1 Å². The number of morpholine rings is 1. The Balaban J connectivity index is 1.73. The first-order valence-electron chi connectivity index (χ1n) is 14.5. The molecule has 0 radical (unpaired) electrons. The van der Waals surface area contributed by atoms with Gasteiger partial charge in [-0.1, -0.05) is 45.2 Å². The Labute approximate surface area is 234 Å². The highest BCUT2D eigenvalue weighted by Gasteiger charge is 2.22. The number of carbonyl (C=O) groups excluding carboxylic acids is 3. The van der Waals surface area contributed by atoms with E-state index >= 15 is 0 Å². The number of methoxy groups -OCH3 is 1. The molecule has 0 saturated carbocycles. The number of ether oxygens (including phenoxy) is 3. The van der Waals surface area contributed by atoms with Crippen LogP contribution in [0.5, 0.6) is 5.75 Å². The van der Waals surface area contributed by atoms with Crippen molar-refractivity contribution < 1.29 is 28.6 Å². The smallest absolute Gasteiger partial charge is 0.252 e. The van der Waals surface area contributed by atoms with Gasteiger partial charge in [0.15, 0.2) is 0 Å². The number of amides is 3. The Kier molecular flexibility index (Phi) is 15.5. The molecule has 3 N–H and O–H groups in total. The van der Waals surface area contributed by atoms with Crippen molar-refractivity contribution in [3.63, 3.8) is 0 Å². The van der Waals surface area contributed by atoms with E-state index in [1.807, 2.05) is 12.1 Å². The molecule has 1 unspecified atom stereocenters. The van der Waals surface area contributed by atoms with Crippen LogP contribution < -0.4 is 15.8 Å². The first-order valence-corrected chi connectivity index (χ1v) is 14.5. The maximum absolute atomic E-state index is 12.8. The van der Waals surface area contributed by atoms with Gasteiger partial charge in [0.05, 0.1) is 25.4 Å². The maximum Gasteiger partial charge on any atom is 0.252 e. The van der Waals surface area contributed by atoms with E-state index in [2.05, 4.69) is 19.2 Å². The van der Waals surface area contributed by atoms with Crippen molar-refractivity contribution in [3.8, 4) is 5.75 Å². The summed E-state index contributed by atoms with van der Waals surface area (Å²) in [6.07, 6.45) is 7.67. The number of nitrogens with zero attached hydrogens (tertiary/aromatic N) is 1. The molecule has 9 nitrogen and oxygen atoms in total. The van der Waals surface area contributed by atoms with E-state index < -0.39 is 5.91 Å². The number of para-hydroxylation sites is 1. The molecule has 0 aliphatic carbocycles. The fraction of sp³-hybridized carbons (Fsp3) is 0.700. The molecule has 2 rings (SSSR count). The summed E-state index contributed by atoms with van der Waals surface area (Å²) in [5.41, 5.74) is 7.02. The zero-order valence-corrected chi connectivity index (χ0v) is 24.2. The number of primary amides is 1. The molecule has 1 aromatic carbocycles. The largest absolute Gasteiger partial charge is 0.492 e. The molecule has 3 amide bonds. The third kappa shape index (κ3) is 12.0. The summed E-state index contributed by atoms with van der Waals surface area (Å²) < 4.78 is 16.4. The zero-order chi connectivity index (χ0) is 28.5. The molecule has 0 bridgehead atoms. The summed E-state index contributed by atoms with van der Waals surface area (Å²) in [5, 5.41) is 2.98. The van der Waals surface area contributed by atoms with Crippen LogP contribution in [-0.4, -0.2) is 75.8 Å². The van der Waals surface area contributed by atoms with Gasteiger partial charge in [-0.05, 0) is 49.7 Å². The van der Waals surface area contributed by atoms with Crippen LogP contribution in [0.25, 0.3) is 0 Å². The number of carbonyl (C=O) groups is 3. The molecule has 1 heterocycles. The van der Waals surface area contributed by atoms with Crippen LogP contribution in [0.3, 0.4) is 0 Å². The third-order valence-corrected chi connectivity index (χ3v) is 7.21. The fourth-order valence-electron chi connectivity index (χ4n) is 4.86. The highest BCUT2D eigenvalue weighted by Crippen LogP contribution is 2.27. The summed E-state index contributed by atoms with van der Waals surface area (Å²) in [6, 6.07) is 5.57. The van der Waals surface area contributed by atoms with Crippen LogP contribution in [0.4, 0.5) is 0 Å². The van der Waals surface area contributed by atoms with E-state index in [1.165, 1.54) is 0 Å². The second kappa shape index (κ2) is 18.6. The van der Waals surface area contributed by atoms with Crippen LogP contribution >= 0.6 is 0 Å². The molecule has 9 heteroatoms. The number of hydrogen-bond acceptors (Lipinski definition) is 6. The number of aryl methyl sites for hydroxylation is 1. The minimum Gasteiger partial charge on any atom is -0.492 e. The standard InChI is InChI=1S/C30H49N3O6/c1-23(2)25(30(36)32-16-15-27(34)33-17-21-38-22-18-33)13-7-5-4-6-11-24-12-10-14-26(29(31)35)28(24)39-20-9-8-19-37-3/h10,12,14,23,25H,4-9,11,13,15-22H2,1-3H3,(H2,31,35)(H,32,36). The molecule has 0 spiro atoms. The molecule has 220 valence electrons. The number of rotatable bonds is 19. The molecule has 1 aliphatic rings. The van der Waals surface area contributed by atoms with Gasteiger partial charge in [0, 0.05) is 45.7 Å². The van der Waals surface area contributed by atoms with Gasteiger partial charge < -0.3 is 30.2 Å². The second-order valence-corrected chi connectivity index (χ2v) is 10.5. The van der Waals surface area contributed by atoms with Crippen LogP contribution in [-0.2, 0) is 25.5 Å². The van der Waals surface area contributed by atoms with Gasteiger partial charge >= 0.3 is 0 Å². The summed E-state index contributed by atoms with van der Waals surface area (Å²) in [4.78, 5) is 38.8. The molecule has 39 heavy (non-hydrogen) atoms. The minimum absolute atomic E-state index is 0.0373. The summed E-state index contributed by atoms with van der Waals surface area (Å²) >= 11 is 0. The summed E-state index contributed by atoms with van der Waals surface area (Å²) in [5.74, 6) is 0.406. The van der Waals surface area contributed by atoms with E-state index in [-0.39, 0.29) is 23.7 Å². The van der Waals surface area contributed by atoms with E-state index in [0.717, 1.165) is 56.9 Å².